The van der Waals surface area contributed by atoms with Crippen LogP contribution < -0.4 is 0 Å². The Hall–Kier alpha value is -2.44. The molecule has 1 aliphatic heterocycles. The van der Waals surface area contributed by atoms with Crippen molar-refractivity contribution in [3.63, 3.8) is 0 Å². The Kier molecular flexibility index (Phi) is 4.16. The molecule has 0 atom stereocenters. The second kappa shape index (κ2) is 5.75. The predicted octanol–water partition coefficient (Wildman–Crippen LogP) is 1.26. The van der Waals surface area contributed by atoms with Gasteiger partial charge in [-0.25, -0.2) is 9.69 Å². The molecular weight excluding hydrogens is 286 g/mol. The summed E-state index contributed by atoms with van der Waals surface area (Å²) in [5.41, 5.74) is 1.91. The second-order valence-corrected chi connectivity index (χ2v) is 5.90. The monoisotopic (exact) mass is 305 g/mol. The summed E-state index contributed by atoms with van der Waals surface area (Å²) >= 11 is 0. The molecule has 1 saturated heterocycles. The van der Waals surface area contributed by atoms with E-state index in [1.807, 2.05) is 20.8 Å². The molecule has 7 heteroatoms. The highest BCUT2D eigenvalue weighted by Gasteiger charge is 2.45. The van der Waals surface area contributed by atoms with E-state index < -0.39 is 24.4 Å². The van der Waals surface area contributed by atoms with Gasteiger partial charge in [0.2, 0.25) is 0 Å². The molecule has 0 saturated carbocycles. The number of nitrogens with one attached hydrogen (secondary N) is 1. The van der Waals surface area contributed by atoms with Gasteiger partial charge in [0.25, 0.3) is 0 Å². The van der Waals surface area contributed by atoms with Gasteiger partial charge < -0.3 is 4.98 Å². The average Bonchev–Trinajstić information content (AvgIpc) is 2.85. The molecule has 22 heavy (non-hydrogen) atoms. The van der Waals surface area contributed by atoms with Crippen LogP contribution in [0.25, 0.3) is 0 Å². The van der Waals surface area contributed by atoms with Gasteiger partial charge in [-0.3, -0.25) is 19.3 Å². The van der Waals surface area contributed by atoms with E-state index in [1.54, 1.807) is 13.0 Å². The van der Waals surface area contributed by atoms with Gasteiger partial charge in [-0.2, -0.15) is 0 Å². The molecule has 1 N–H and O–H groups in total. The summed E-state index contributed by atoms with van der Waals surface area (Å²) in [6.45, 7) is 6.97. The van der Waals surface area contributed by atoms with Crippen molar-refractivity contribution < 1.29 is 19.2 Å². The molecule has 118 valence electrons. The number of hydrogen-bond donors (Lipinski definition) is 1. The van der Waals surface area contributed by atoms with Crippen LogP contribution in [0.2, 0.25) is 0 Å². The van der Waals surface area contributed by atoms with Crippen LogP contribution in [0.15, 0.2) is 6.07 Å². The Balaban J connectivity index is 2.17. The lowest BCUT2D eigenvalue weighted by Gasteiger charge is -2.16. The number of H-pyrrole nitrogens is 1. The van der Waals surface area contributed by atoms with Crippen molar-refractivity contribution in [1.29, 1.82) is 0 Å². The molecule has 4 amide bonds. The standard InChI is InChI=1S/C15H19N3O4/c1-8(2)6-17-13(20)14(21)18(15(17)22)7-12(19)11-5-9(3)16-10(11)4/h5,8,16H,6-7H2,1-4H3. The van der Waals surface area contributed by atoms with Gasteiger partial charge in [-0.1, -0.05) is 13.8 Å². The third-order valence-electron chi connectivity index (χ3n) is 3.43. The maximum Gasteiger partial charge on any atom is 0.334 e. The van der Waals surface area contributed by atoms with Crippen LogP contribution >= 0.6 is 0 Å². The Bertz CT molecular complexity index is 660. The number of aryl methyl sites for hydroxylation is 2. The first-order valence-corrected chi connectivity index (χ1v) is 7.09. The van der Waals surface area contributed by atoms with Crippen LogP contribution in [-0.2, 0) is 9.59 Å². The zero-order chi connectivity index (χ0) is 16.6. The molecule has 1 aliphatic rings. The minimum atomic E-state index is -0.941. The van der Waals surface area contributed by atoms with E-state index in [2.05, 4.69) is 4.98 Å². The van der Waals surface area contributed by atoms with Crippen molar-refractivity contribution in [1.82, 2.24) is 14.8 Å². The zero-order valence-electron chi connectivity index (χ0n) is 13.1. The van der Waals surface area contributed by atoms with Crippen LogP contribution in [0.4, 0.5) is 4.79 Å². The van der Waals surface area contributed by atoms with Crippen molar-refractivity contribution in [2.75, 3.05) is 13.1 Å². The van der Waals surface area contributed by atoms with Crippen molar-refractivity contribution in [3.8, 4) is 0 Å². The van der Waals surface area contributed by atoms with Crippen molar-refractivity contribution in [3.05, 3.63) is 23.0 Å². The smallest absolute Gasteiger partial charge is 0.334 e. The highest BCUT2D eigenvalue weighted by atomic mass is 16.2. The molecule has 0 aliphatic carbocycles. The van der Waals surface area contributed by atoms with Crippen molar-refractivity contribution >= 4 is 23.6 Å². The number of aromatic amines is 1. The topological polar surface area (TPSA) is 90.6 Å². The van der Waals surface area contributed by atoms with Crippen molar-refractivity contribution in [2.45, 2.75) is 27.7 Å². The second-order valence-electron chi connectivity index (χ2n) is 5.90. The number of nitrogens with zero attached hydrogens (tertiary/aromatic N) is 2. The number of urea groups is 1. The molecule has 0 unspecified atom stereocenters. The number of Topliss-reactive ketones (excluding diaryl/α,β-unsaturated/α-hetero) is 1. The molecule has 0 radical (unpaired) electrons. The van der Waals surface area contributed by atoms with E-state index in [4.69, 9.17) is 0 Å². The first-order chi connectivity index (χ1) is 10.2. The number of aromatic nitrogens is 1. The Morgan fingerprint density at radius 2 is 1.73 bits per heavy atom. The van der Waals surface area contributed by atoms with Crippen LogP contribution in [-0.4, -0.2) is 51.5 Å². The number of imide groups is 2. The van der Waals surface area contributed by atoms with Crippen LogP contribution in [0, 0.1) is 19.8 Å². The number of hydrogen-bond acceptors (Lipinski definition) is 4. The van der Waals surface area contributed by atoms with E-state index in [-0.39, 0.29) is 18.2 Å². The van der Waals surface area contributed by atoms with Gasteiger partial charge in [0.15, 0.2) is 5.78 Å². The van der Waals surface area contributed by atoms with E-state index in [1.165, 1.54) is 0 Å². The summed E-state index contributed by atoms with van der Waals surface area (Å²) < 4.78 is 0. The highest BCUT2D eigenvalue weighted by molar-refractivity contribution is 6.45. The molecule has 7 nitrogen and oxygen atoms in total. The quantitative estimate of drug-likeness (QED) is 0.504. The van der Waals surface area contributed by atoms with Crippen LogP contribution in [0.1, 0.15) is 35.6 Å². The van der Waals surface area contributed by atoms with E-state index in [9.17, 15) is 19.2 Å². The zero-order valence-corrected chi connectivity index (χ0v) is 13.1. The molecule has 2 heterocycles. The van der Waals surface area contributed by atoms with Crippen molar-refractivity contribution in [2.24, 2.45) is 5.92 Å². The first-order valence-electron chi connectivity index (χ1n) is 7.09. The predicted molar refractivity (Wildman–Crippen MR) is 78.3 cm³/mol. The van der Waals surface area contributed by atoms with E-state index in [0.717, 1.165) is 15.5 Å². The van der Waals surface area contributed by atoms with Gasteiger partial charge >= 0.3 is 17.8 Å². The molecule has 0 bridgehead atoms. The van der Waals surface area contributed by atoms with Crippen LogP contribution in [0.5, 0.6) is 0 Å². The summed E-state index contributed by atoms with van der Waals surface area (Å²) in [7, 11) is 0. The lowest BCUT2D eigenvalue weighted by molar-refractivity contribution is -0.143. The normalized spacial score (nSPS) is 15.4. The number of carbonyl (C=O) groups excluding carboxylic acids is 4. The lowest BCUT2D eigenvalue weighted by atomic mass is 10.1. The minimum Gasteiger partial charge on any atom is -0.362 e. The first kappa shape index (κ1) is 15.9. The third-order valence-corrected chi connectivity index (χ3v) is 3.43. The summed E-state index contributed by atoms with van der Waals surface area (Å²) in [6, 6.07) is 0.943. The van der Waals surface area contributed by atoms with E-state index >= 15 is 0 Å². The molecule has 1 fully saturated rings. The largest absolute Gasteiger partial charge is 0.362 e. The molecule has 0 aromatic carbocycles. The summed E-state index contributed by atoms with van der Waals surface area (Å²) in [5.74, 6) is -2.13. The summed E-state index contributed by atoms with van der Waals surface area (Å²) in [4.78, 5) is 52.8. The number of amides is 4. The fraction of sp³-hybridized carbons (Fsp3) is 0.467. The fourth-order valence-electron chi connectivity index (χ4n) is 2.46. The summed E-state index contributed by atoms with van der Waals surface area (Å²) in [6.07, 6.45) is 0. The highest BCUT2D eigenvalue weighted by Crippen LogP contribution is 2.17. The summed E-state index contributed by atoms with van der Waals surface area (Å²) in [5, 5.41) is 0. The van der Waals surface area contributed by atoms with Gasteiger partial charge in [0.1, 0.15) is 0 Å². The molecule has 2 rings (SSSR count). The number of ketones is 1. The third kappa shape index (κ3) is 2.79. The SMILES string of the molecule is Cc1cc(C(=O)CN2C(=O)C(=O)N(CC(C)C)C2=O)c(C)[nH]1. The molecule has 1 aromatic rings. The minimum absolute atomic E-state index is 0.0471. The van der Waals surface area contributed by atoms with Gasteiger partial charge in [0.05, 0.1) is 6.54 Å². The Morgan fingerprint density at radius 1 is 1.14 bits per heavy atom. The Morgan fingerprint density at radius 3 is 2.23 bits per heavy atom. The van der Waals surface area contributed by atoms with E-state index in [0.29, 0.717) is 11.3 Å². The number of rotatable bonds is 5. The molecule has 0 spiro atoms. The maximum atomic E-state index is 12.3. The van der Waals surface area contributed by atoms with Gasteiger partial charge in [-0.15, -0.1) is 0 Å². The number of carbonyl (C=O) groups is 4. The molecule has 1 aromatic heterocycles. The van der Waals surface area contributed by atoms with Gasteiger partial charge in [0, 0.05) is 23.5 Å². The average molecular weight is 305 g/mol. The van der Waals surface area contributed by atoms with Gasteiger partial charge in [-0.05, 0) is 25.8 Å². The van der Waals surface area contributed by atoms with Crippen LogP contribution in [0.3, 0.4) is 0 Å². The fourth-order valence-corrected chi connectivity index (χ4v) is 2.46. The Labute approximate surface area is 128 Å². The maximum absolute atomic E-state index is 12.3. The lowest BCUT2D eigenvalue weighted by Crippen LogP contribution is -2.38. The molecular formula is C15H19N3O4.